The molecule has 22 heavy (non-hydrogen) atoms. The van der Waals surface area contributed by atoms with Crippen LogP contribution in [-0.4, -0.2) is 11.5 Å². The lowest BCUT2D eigenvalue weighted by Crippen LogP contribution is -2.42. The van der Waals surface area contributed by atoms with E-state index in [9.17, 15) is 4.79 Å². The van der Waals surface area contributed by atoms with Crippen molar-refractivity contribution in [3.63, 3.8) is 0 Å². The fraction of sp³-hybridized carbons (Fsp3) is 0.188. The van der Waals surface area contributed by atoms with Crippen LogP contribution in [-0.2, 0) is 4.79 Å². The van der Waals surface area contributed by atoms with Gasteiger partial charge in [-0.2, -0.15) is 0 Å². The van der Waals surface area contributed by atoms with E-state index in [1.54, 1.807) is 56.3 Å². The van der Waals surface area contributed by atoms with Gasteiger partial charge >= 0.3 is 0 Å². The predicted octanol–water partition coefficient (Wildman–Crippen LogP) is 5.44. The van der Waals surface area contributed by atoms with E-state index >= 15 is 0 Å². The number of nitrogens with one attached hydrogen (secondary N) is 1. The van der Waals surface area contributed by atoms with Gasteiger partial charge in [0.2, 0.25) is 0 Å². The van der Waals surface area contributed by atoms with Gasteiger partial charge in [-0.05, 0) is 56.3 Å². The lowest BCUT2D eigenvalue weighted by atomic mass is 10.1. The molecule has 0 spiro atoms. The van der Waals surface area contributed by atoms with Crippen LogP contribution in [0.1, 0.15) is 13.8 Å². The lowest BCUT2D eigenvalue weighted by Gasteiger charge is -2.25. The summed E-state index contributed by atoms with van der Waals surface area (Å²) in [7, 11) is 0. The van der Waals surface area contributed by atoms with E-state index in [0.29, 0.717) is 26.5 Å². The molecule has 6 heteroatoms. The summed E-state index contributed by atoms with van der Waals surface area (Å²) in [4.78, 5) is 12.4. The molecule has 0 saturated heterocycles. The molecule has 0 atom stereocenters. The summed E-state index contributed by atoms with van der Waals surface area (Å²) in [5.74, 6) is 0.250. The first-order valence-electron chi connectivity index (χ1n) is 6.49. The van der Waals surface area contributed by atoms with Crippen LogP contribution in [0.2, 0.25) is 15.1 Å². The molecule has 0 heterocycles. The van der Waals surface area contributed by atoms with Crippen molar-refractivity contribution in [1.82, 2.24) is 0 Å². The highest BCUT2D eigenvalue weighted by molar-refractivity contribution is 6.42. The van der Waals surface area contributed by atoms with Crippen LogP contribution in [0.15, 0.2) is 42.5 Å². The van der Waals surface area contributed by atoms with E-state index in [1.165, 1.54) is 0 Å². The van der Waals surface area contributed by atoms with Crippen LogP contribution in [0.3, 0.4) is 0 Å². The molecule has 1 N–H and O–H groups in total. The van der Waals surface area contributed by atoms with E-state index in [4.69, 9.17) is 39.5 Å². The van der Waals surface area contributed by atoms with Gasteiger partial charge in [0.1, 0.15) is 5.75 Å². The summed E-state index contributed by atoms with van der Waals surface area (Å²) in [6.45, 7) is 3.35. The number of hydrogen-bond donors (Lipinski definition) is 1. The van der Waals surface area contributed by atoms with Gasteiger partial charge in [-0.3, -0.25) is 4.79 Å². The van der Waals surface area contributed by atoms with Crippen molar-refractivity contribution in [2.45, 2.75) is 19.4 Å². The summed E-state index contributed by atoms with van der Waals surface area (Å²) < 4.78 is 5.72. The zero-order valence-corrected chi connectivity index (χ0v) is 14.3. The fourth-order valence-corrected chi connectivity index (χ4v) is 2.12. The minimum atomic E-state index is -1.07. The van der Waals surface area contributed by atoms with E-state index in [1.807, 2.05) is 0 Å². The van der Waals surface area contributed by atoms with E-state index in [0.717, 1.165) is 0 Å². The Balaban J connectivity index is 2.09. The molecule has 0 aliphatic carbocycles. The van der Waals surface area contributed by atoms with E-state index in [2.05, 4.69) is 5.32 Å². The third-order valence-corrected chi connectivity index (χ3v) is 3.90. The number of halogens is 3. The Kier molecular flexibility index (Phi) is 5.22. The first-order valence-corrected chi connectivity index (χ1v) is 7.62. The number of anilines is 1. The molecule has 0 aliphatic heterocycles. The zero-order chi connectivity index (χ0) is 16.3. The second-order valence-corrected chi connectivity index (χ2v) is 6.40. The molecule has 1 amide bonds. The molecule has 2 aromatic carbocycles. The van der Waals surface area contributed by atoms with Crippen LogP contribution in [0.5, 0.6) is 5.75 Å². The van der Waals surface area contributed by atoms with Gasteiger partial charge in [0.25, 0.3) is 5.91 Å². The molecule has 2 rings (SSSR count). The molecule has 0 saturated carbocycles. The SMILES string of the molecule is CC(C)(Oc1ccc(Cl)cc1)C(=O)Nc1ccc(Cl)c(Cl)c1. The van der Waals surface area contributed by atoms with Crippen molar-refractivity contribution in [3.05, 3.63) is 57.5 Å². The number of benzene rings is 2. The first-order chi connectivity index (χ1) is 10.3. The second kappa shape index (κ2) is 6.78. The Labute approximate surface area is 144 Å². The summed E-state index contributed by atoms with van der Waals surface area (Å²) in [5.41, 5.74) is -0.521. The molecule has 0 unspecified atom stereocenters. The number of amides is 1. The predicted molar refractivity (Wildman–Crippen MR) is 91.3 cm³/mol. The van der Waals surface area contributed by atoms with Crippen LogP contribution < -0.4 is 10.1 Å². The van der Waals surface area contributed by atoms with Gasteiger partial charge in [0, 0.05) is 10.7 Å². The van der Waals surface area contributed by atoms with E-state index < -0.39 is 5.60 Å². The van der Waals surface area contributed by atoms with Gasteiger partial charge < -0.3 is 10.1 Å². The largest absolute Gasteiger partial charge is 0.478 e. The van der Waals surface area contributed by atoms with Gasteiger partial charge in [-0.25, -0.2) is 0 Å². The molecular weight excluding hydrogens is 345 g/mol. The smallest absolute Gasteiger partial charge is 0.267 e. The summed E-state index contributed by atoms with van der Waals surface area (Å²) in [5, 5.41) is 4.15. The van der Waals surface area contributed by atoms with Gasteiger partial charge in [0.05, 0.1) is 10.0 Å². The summed E-state index contributed by atoms with van der Waals surface area (Å²) in [6.07, 6.45) is 0. The highest BCUT2D eigenvalue weighted by Crippen LogP contribution is 2.26. The minimum absolute atomic E-state index is 0.305. The quantitative estimate of drug-likeness (QED) is 0.790. The van der Waals surface area contributed by atoms with Crippen molar-refractivity contribution in [1.29, 1.82) is 0 Å². The number of carbonyl (C=O) groups excluding carboxylic acids is 1. The fourth-order valence-electron chi connectivity index (χ4n) is 1.70. The maximum Gasteiger partial charge on any atom is 0.267 e. The van der Waals surface area contributed by atoms with Crippen molar-refractivity contribution < 1.29 is 9.53 Å². The molecule has 2 aromatic rings. The van der Waals surface area contributed by atoms with Crippen LogP contribution in [0, 0.1) is 0 Å². The Hall–Kier alpha value is -1.42. The molecule has 116 valence electrons. The van der Waals surface area contributed by atoms with Gasteiger partial charge in [0.15, 0.2) is 5.60 Å². The third kappa shape index (κ3) is 4.29. The van der Waals surface area contributed by atoms with Crippen molar-refractivity contribution in [2.24, 2.45) is 0 Å². The average Bonchev–Trinajstić information content (AvgIpc) is 2.45. The first kappa shape index (κ1) is 16.9. The molecule has 0 radical (unpaired) electrons. The topological polar surface area (TPSA) is 38.3 Å². The number of rotatable bonds is 4. The third-order valence-electron chi connectivity index (χ3n) is 2.91. The van der Waals surface area contributed by atoms with Crippen molar-refractivity contribution in [3.8, 4) is 5.75 Å². The highest BCUT2D eigenvalue weighted by Gasteiger charge is 2.30. The average molecular weight is 359 g/mol. The summed E-state index contributed by atoms with van der Waals surface area (Å²) in [6, 6.07) is 11.7. The van der Waals surface area contributed by atoms with Crippen molar-refractivity contribution in [2.75, 3.05) is 5.32 Å². The molecular formula is C16H14Cl3NO2. The van der Waals surface area contributed by atoms with Gasteiger partial charge in [-0.15, -0.1) is 0 Å². The number of hydrogen-bond acceptors (Lipinski definition) is 2. The van der Waals surface area contributed by atoms with Crippen LogP contribution >= 0.6 is 34.8 Å². The minimum Gasteiger partial charge on any atom is -0.478 e. The molecule has 0 fully saturated rings. The second-order valence-electron chi connectivity index (χ2n) is 5.15. The summed E-state index contributed by atoms with van der Waals surface area (Å²) >= 11 is 17.6. The number of ether oxygens (including phenoxy) is 1. The molecule has 0 aromatic heterocycles. The van der Waals surface area contributed by atoms with Crippen LogP contribution in [0.25, 0.3) is 0 Å². The standard InChI is InChI=1S/C16H14Cl3NO2/c1-16(2,22-12-6-3-10(17)4-7-12)15(21)20-11-5-8-13(18)14(19)9-11/h3-9H,1-2H3,(H,20,21). The number of carbonyl (C=O) groups is 1. The monoisotopic (exact) mass is 357 g/mol. The lowest BCUT2D eigenvalue weighted by molar-refractivity contribution is -0.128. The highest BCUT2D eigenvalue weighted by atomic mass is 35.5. The Morgan fingerprint density at radius 2 is 1.64 bits per heavy atom. The van der Waals surface area contributed by atoms with Crippen LogP contribution in [0.4, 0.5) is 5.69 Å². The Morgan fingerprint density at radius 3 is 2.23 bits per heavy atom. The Bertz CT molecular complexity index is 684. The Morgan fingerprint density at radius 1 is 1.00 bits per heavy atom. The van der Waals surface area contributed by atoms with Gasteiger partial charge in [-0.1, -0.05) is 34.8 Å². The maximum atomic E-state index is 12.4. The zero-order valence-electron chi connectivity index (χ0n) is 12.0. The molecule has 3 nitrogen and oxygen atoms in total. The normalized spacial score (nSPS) is 11.1. The maximum absolute atomic E-state index is 12.4. The molecule has 0 bridgehead atoms. The van der Waals surface area contributed by atoms with E-state index in [-0.39, 0.29) is 5.91 Å². The van der Waals surface area contributed by atoms with Crippen molar-refractivity contribution >= 4 is 46.4 Å². The molecule has 0 aliphatic rings.